The minimum atomic E-state index is -0.173. The zero-order valence-electron chi connectivity index (χ0n) is 11.5. The number of ether oxygens (including phenoxy) is 1. The van der Waals surface area contributed by atoms with E-state index >= 15 is 0 Å². The molecule has 1 aliphatic carbocycles. The first-order valence-electron chi connectivity index (χ1n) is 6.72. The molecule has 1 saturated carbocycles. The quantitative estimate of drug-likeness (QED) is 0.715. The Balaban J connectivity index is 2.31. The third-order valence-corrected chi connectivity index (χ3v) is 3.52. The van der Waals surface area contributed by atoms with Crippen molar-refractivity contribution in [3.05, 3.63) is 0 Å². The topological polar surface area (TPSA) is 67.4 Å². The van der Waals surface area contributed by atoms with Crippen LogP contribution in [0.15, 0.2) is 0 Å². The van der Waals surface area contributed by atoms with Gasteiger partial charge >= 0.3 is 5.97 Å². The Morgan fingerprint density at radius 1 is 1.28 bits per heavy atom. The summed E-state index contributed by atoms with van der Waals surface area (Å²) in [7, 11) is 1.77. The van der Waals surface area contributed by atoms with E-state index in [1.54, 1.807) is 7.05 Å². The van der Waals surface area contributed by atoms with Crippen LogP contribution in [0, 0.1) is 5.92 Å². The van der Waals surface area contributed by atoms with Gasteiger partial charge in [-0.15, -0.1) is 0 Å². The maximum Gasteiger partial charge on any atom is 0.308 e. The molecule has 0 aromatic rings. The van der Waals surface area contributed by atoms with Gasteiger partial charge in [-0.3, -0.25) is 9.59 Å². The highest BCUT2D eigenvalue weighted by Crippen LogP contribution is 2.25. The first-order chi connectivity index (χ1) is 8.58. The summed E-state index contributed by atoms with van der Waals surface area (Å²) < 4.78 is 5.02. The van der Waals surface area contributed by atoms with Crippen LogP contribution >= 0.6 is 0 Å². The van der Waals surface area contributed by atoms with E-state index in [1.165, 1.54) is 0 Å². The molecule has 1 atom stereocenters. The zero-order chi connectivity index (χ0) is 13.5. The summed E-state index contributed by atoms with van der Waals surface area (Å²) in [5.41, 5.74) is 0. The fourth-order valence-corrected chi connectivity index (χ4v) is 2.19. The Bertz CT molecular complexity index is 286. The molecule has 0 aromatic carbocycles. The van der Waals surface area contributed by atoms with Crippen LogP contribution in [0.3, 0.4) is 0 Å². The van der Waals surface area contributed by atoms with E-state index in [4.69, 9.17) is 4.74 Å². The number of carbonyl (C=O) groups is 2. The lowest BCUT2D eigenvalue weighted by Crippen LogP contribution is -2.46. The van der Waals surface area contributed by atoms with Crippen LogP contribution in [0.1, 0.15) is 39.5 Å². The maximum absolute atomic E-state index is 11.7. The molecule has 0 radical (unpaired) electrons. The molecule has 0 heterocycles. The Morgan fingerprint density at radius 2 is 1.89 bits per heavy atom. The van der Waals surface area contributed by atoms with Crippen molar-refractivity contribution in [2.45, 2.75) is 51.6 Å². The molecule has 0 aliphatic heterocycles. The zero-order valence-corrected chi connectivity index (χ0v) is 11.5. The summed E-state index contributed by atoms with van der Waals surface area (Å²) in [6.07, 6.45) is 3.31. The molecule has 5 heteroatoms. The van der Waals surface area contributed by atoms with Crippen LogP contribution in [0.4, 0.5) is 0 Å². The smallest absolute Gasteiger partial charge is 0.308 e. The van der Waals surface area contributed by atoms with Gasteiger partial charge in [0.05, 0.1) is 18.6 Å². The van der Waals surface area contributed by atoms with E-state index in [0.29, 0.717) is 6.61 Å². The lowest BCUT2D eigenvalue weighted by atomic mass is 9.86. The van der Waals surface area contributed by atoms with Crippen molar-refractivity contribution in [2.75, 3.05) is 13.7 Å². The van der Waals surface area contributed by atoms with Gasteiger partial charge in [0, 0.05) is 6.04 Å². The molecule has 0 spiro atoms. The SMILES string of the molecule is CCOC(=O)C1CCC(NC(=O)C(C)NC)CC1. The minimum Gasteiger partial charge on any atom is -0.466 e. The van der Waals surface area contributed by atoms with Crippen molar-refractivity contribution in [1.82, 2.24) is 10.6 Å². The van der Waals surface area contributed by atoms with Gasteiger partial charge in [0.15, 0.2) is 0 Å². The number of rotatable bonds is 5. The fourth-order valence-electron chi connectivity index (χ4n) is 2.19. The van der Waals surface area contributed by atoms with Gasteiger partial charge in [-0.1, -0.05) is 0 Å². The first kappa shape index (κ1) is 15.0. The Morgan fingerprint density at radius 3 is 2.39 bits per heavy atom. The van der Waals surface area contributed by atoms with Gasteiger partial charge in [-0.2, -0.15) is 0 Å². The van der Waals surface area contributed by atoms with E-state index in [9.17, 15) is 9.59 Å². The summed E-state index contributed by atoms with van der Waals surface area (Å²) in [4.78, 5) is 23.3. The number of likely N-dealkylation sites (N-methyl/N-ethyl adjacent to an activating group) is 1. The molecule has 1 unspecified atom stereocenters. The monoisotopic (exact) mass is 256 g/mol. The second kappa shape index (κ2) is 7.36. The average Bonchev–Trinajstić information content (AvgIpc) is 2.38. The molecule has 1 amide bonds. The van der Waals surface area contributed by atoms with Crippen molar-refractivity contribution >= 4 is 11.9 Å². The molecule has 0 saturated heterocycles. The van der Waals surface area contributed by atoms with E-state index in [2.05, 4.69) is 10.6 Å². The van der Waals surface area contributed by atoms with Gasteiger partial charge in [0.1, 0.15) is 0 Å². The van der Waals surface area contributed by atoms with Crippen molar-refractivity contribution in [3.8, 4) is 0 Å². The summed E-state index contributed by atoms with van der Waals surface area (Å²) in [6.45, 7) is 4.09. The fraction of sp³-hybridized carbons (Fsp3) is 0.846. The highest BCUT2D eigenvalue weighted by atomic mass is 16.5. The molecular formula is C13H24N2O3. The van der Waals surface area contributed by atoms with Crippen LogP contribution in [0.25, 0.3) is 0 Å². The number of hydrogen-bond acceptors (Lipinski definition) is 4. The number of hydrogen-bond donors (Lipinski definition) is 2. The third-order valence-electron chi connectivity index (χ3n) is 3.52. The van der Waals surface area contributed by atoms with Crippen LogP contribution in [-0.2, 0) is 14.3 Å². The van der Waals surface area contributed by atoms with Crippen molar-refractivity contribution in [3.63, 3.8) is 0 Å². The van der Waals surface area contributed by atoms with Crippen molar-refractivity contribution < 1.29 is 14.3 Å². The third kappa shape index (κ3) is 4.29. The van der Waals surface area contributed by atoms with Crippen molar-refractivity contribution in [2.24, 2.45) is 5.92 Å². The average molecular weight is 256 g/mol. The predicted molar refractivity (Wildman–Crippen MR) is 69.0 cm³/mol. The second-order valence-corrected chi connectivity index (χ2v) is 4.82. The lowest BCUT2D eigenvalue weighted by Gasteiger charge is -2.28. The Hall–Kier alpha value is -1.10. The summed E-state index contributed by atoms with van der Waals surface area (Å²) >= 11 is 0. The van der Waals surface area contributed by atoms with Crippen LogP contribution in [0.2, 0.25) is 0 Å². The summed E-state index contributed by atoms with van der Waals surface area (Å²) in [5, 5.41) is 5.92. The van der Waals surface area contributed by atoms with E-state index in [-0.39, 0.29) is 29.9 Å². The molecular weight excluding hydrogens is 232 g/mol. The number of nitrogens with one attached hydrogen (secondary N) is 2. The maximum atomic E-state index is 11.7. The van der Waals surface area contributed by atoms with Gasteiger partial charge in [-0.05, 0) is 46.6 Å². The van der Waals surface area contributed by atoms with Crippen LogP contribution in [-0.4, -0.2) is 37.6 Å². The molecule has 5 nitrogen and oxygen atoms in total. The molecule has 1 aliphatic rings. The normalized spacial score (nSPS) is 25.3. The largest absolute Gasteiger partial charge is 0.466 e. The standard InChI is InChI=1S/C13H24N2O3/c1-4-18-13(17)10-5-7-11(8-6-10)15-12(16)9(2)14-3/h9-11,14H,4-8H2,1-3H3,(H,15,16). The van der Waals surface area contributed by atoms with Crippen LogP contribution in [0.5, 0.6) is 0 Å². The van der Waals surface area contributed by atoms with Gasteiger partial charge < -0.3 is 15.4 Å². The molecule has 1 fully saturated rings. The lowest BCUT2D eigenvalue weighted by molar-refractivity contribution is -0.149. The van der Waals surface area contributed by atoms with E-state index in [1.807, 2.05) is 13.8 Å². The van der Waals surface area contributed by atoms with E-state index < -0.39 is 0 Å². The number of esters is 1. The first-order valence-corrected chi connectivity index (χ1v) is 6.72. The van der Waals surface area contributed by atoms with Gasteiger partial charge in [-0.25, -0.2) is 0 Å². The highest BCUT2D eigenvalue weighted by Gasteiger charge is 2.28. The number of carbonyl (C=O) groups excluding carboxylic acids is 2. The van der Waals surface area contributed by atoms with Crippen LogP contribution < -0.4 is 10.6 Å². The highest BCUT2D eigenvalue weighted by molar-refractivity contribution is 5.81. The Kier molecular flexibility index (Phi) is 6.12. The second-order valence-electron chi connectivity index (χ2n) is 4.82. The molecule has 0 aromatic heterocycles. The predicted octanol–water partition coefficient (Wildman–Crippen LogP) is 0.832. The molecule has 104 valence electrons. The molecule has 1 rings (SSSR count). The van der Waals surface area contributed by atoms with Crippen molar-refractivity contribution in [1.29, 1.82) is 0 Å². The van der Waals surface area contributed by atoms with Gasteiger partial charge in [0.2, 0.25) is 5.91 Å². The van der Waals surface area contributed by atoms with Gasteiger partial charge in [0.25, 0.3) is 0 Å². The molecule has 2 N–H and O–H groups in total. The molecule has 0 bridgehead atoms. The summed E-state index contributed by atoms with van der Waals surface area (Å²) in [5.74, 6) is -0.0530. The van der Waals surface area contributed by atoms with E-state index in [0.717, 1.165) is 25.7 Å². The number of amides is 1. The summed E-state index contributed by atoms with van der Waals surface area (Å²) in [6, 6.07) is 0.0201. The Labute approximate surface area is 109 Å². The molecule has 18 heavy (non-hydrogen) atoms. The minimum absolute atomic E-state index is 0.0137.